The molecule has 2 amide bonds. The number of carbonyl (C=O) groups excluding carboxylic acids is 2. The van der Waals surface area contributed by atoms with Crippen LogP contribution in [-0.2, 0) is 19.6 Å². The highest BCUT2D eigenvalue weighted by Gasteiger charge is 2.23. The SMILES string of the molecule is CS(=O)(=O)NCCC(=O)N1CCC(CNC(=O)CN2CCCCCC2)CC1. The standard InChI is InChI=1S/C18H34N4O4S/c1-27(25,26)20-9-6-18(24)22-12-7-16(8-13-22)14-19-17(23)15-21-10-4-2-3-5-11-21/h16,20H,2-15H2,1H3,(H,19,23). The van der Waals surface area contributed by atoms with Crippen molar-refractivity contribution in [2.24, 2.45) is 5.92 Å². The number of hydrogen-bond acceptors (Lipinski definition) is 5. The van der Waals surface area contributed by atoms with E-state index in [4.69, 9.17) is 0 Å². The van der Waals surface area contributed by atoms with E-state index in [1.54, 1.807) is 4.90 Å². The number of sulfonamides is 1. The molecule has 9 heteroatoms. The number of hydrogen-bond donors (Lipinski definition) is 2. The van der Waals surface area contributed by atoms with E-state index in [1.807, 2.05) is 0 Å². The van der Waals surface area contributed by atoms with Gasteiger partial charge in [0.2, 0.25) is 21.8 Å². The lowest BCUT2D eigenvalue weighted by molar-refractivity contribution is -0.132. The maximum Gasteiger partial charge on any atom is 0.234 e. The summed E-state index contributed by atoms with van der Waals surface area (Å²) in [7, 11) is -3.25. The van der Waals surface area contributed by atoms with Gasteiger partial charge in [-0.25, -0.2) is 13.1 Å². The van der Waals surface area contributed by atoms with Crippen molar-refractivity contribution in [2.75, 3.05) is 52.1 Å². The van der Waals surface area contributed by atoms with E-state index in [-0.39, 0.29) is 24.8 Å². The maximum absolute atomic E-state index is 12.2. The van der Waals surface area contributed by atoms with Crippen molar-refractivity contribution in [1.29, 1.82) is 0 Å². The highest BCUT2D eigenvalue weighted by Crippen LogP contribution is 2.17. The molecule has 0 saturated carbocycles. The van der Waals surface area contributed by atoms with Crippen molar-refractivity contribution in [3.05, 3.63) is 0 Å². The fourth-order valence-electron chi connectivity index (χ4n) is 3.70. The van der Waals surface area contributed by atoms with E-state index in [1.165, 1.54) is 25.7 Å². The molecule has 156 valence electrons. The summed E-state index contributed by atoms with van der Waals surface area (Å²) in [5.41, 5.74) is 0. The zero-order chi connectivity index (χ0) is 19.7. The van der Waals surface area contributed by atoms with Gasteiger partial charge in [0.05, 0.1) is 12.8 Å². The fourth-order valence-corrected chi connectivity index (χ4v) is 4.17. The molecule has 2 fully saturated rings. The van der Waals surface area contributed by atoms with Gasteiger partial charge in [-0.05, 0) is 44.7 Å². The van der Waals surface area contributed by atoms with Crippen molar-refractivity contribution in [1.82, 2.24) is 19.8 Å². The third-order valence-corrected chi connectivity index (χ3v) is 6.05. The molecule has 0 spiro atoms. The Morgan fingerprint density at radius 3 is 2.22 bits per heavy atom. The second-order valence-corrected chi connectivity index (χ2v) is 9.57. The van der Waals surface area contributed by atoms with Crippen LogP contribution in [0.15, 0.2) is 0 Å². The number of nitrogens with one attached hydrogen (secondary N) is 2. The molecule has 27 heavy (non-hydrogen) atoms. The number of rotatable bonds is 8. The first-order valence-corrected chi connectivity index (χ1v) is 11.9. The van der Waals surface area contributed by atoms with Crippen LogP contribution >= 0.6 is 0 Å². The molecule has 2 rings (SSSR count). The van der Waals surface area contributed by atoms with Crippen LogP contribution in [0.4, 0.5) is 0 Å². The second-order valence-electron chi connectivity index (χ2n) is 7.74. The zero-order valence-electron chi connectivity index (χ0n) is 16.4. The number of piperidine rings is 1. The van der Waals surface area contributed by atoms with E-state index >= 15 is 0 Å². The molecule has 2 heterocycles. The zero-order valence-corrected chi connectivity index (χ0v) is 17.2. The van der Waals surface area contributed by atoms with Crippen LogP contribution in [0, 0.1) is 5.92 Å². The molecule has 2 aliphatic rings. The van der Waals surface area contributed by atoms with E-state index in [0.717, 1.165) is 32.2 Å². The summed E-state index contributed by atoms with van der Waals surface area (Å²) in [6.45, 7) is 4.68. The molecule has 0 radical (unpaired) electrons. The minimum atomic E-state index is -3.25. The monoisotopic (exact) mass is 402 g/mol. The first-order valence-electron chi connectivity index (χ1n) is 10.0. The first kappa shape index (κ1) is 22.1. The lowest BCUT2D eigenvalue weighted by Crippen LogP contribution is -2.44. The Bertz CT molecular complexity index is 580. The van der Waals surface area contributed by atoms with Crippen molar-refractivity contribution < 1.29 is 18.0 Å². The predicted molar refractivity (Wildman–Crippen MR) is 105 cm³/mol. The number of carbonyl (C=O) groups is 2. The van der Waals surface area contributed by atoms with Crippen LogP contribution in [0.5, 0.6) is 0 Å². The summed E-state index contributed by atoms with van der Waals surface area (Å²) in [5.74, 6) is 0.480. The van der Waals surface area contributed by atoms with Crippen LogP contribution in [0.1, 0.15) is 44.9 Å². The van der Waals surface area contributed by atoms with Gasteiger partial charge in [0, 0.05) is 32.6 Å². The normalized spacial score (nSPS) is 20.3. The number of amides is 2. The van der Waals surface area contributed by atoms with E-state index in [9.17, 15) is 18.0 Å². The first-order chi connectivity index (χ1) is 12.8. The Balaban J connectivity index is 1.59. The van der Waals surface area contributed by atoms with E-state index < -0.39 is 10.0 Å². The van der Waals surface area contributed by atoms with Crippen LogP contribution in [0.25, 0.3) is 0 Å². The minimum absolute atomic E-state index is 0.0187. The minimum Gasteiger partial charge on any atom is -0.355 e. The molecule has 0 atom stereocenters. The van der Waals surface area contributed by atoms with E-state index in [2.05, 4.69) is 14.9 Å². The van der Waals surface area contributed by atoms with Crippen molar-refractivity contribution >= 4 is 21.8 Å². The lowest BCUT2D eigenvalue weighted by Gasteiger charge is -2.32. The Kier molecular flexibility index (Phi) is 8.98. The predicted octanol–water partition coefficient (Wildman–Crippen LogP) is 0.157. The topological polar surface area (TPSA) is 98.8 Å². The molecule has 0 unspecified atom stereocenters. The number of nitrogens with zero attached hydrogens (tertiary/aromatic N) is 2. The second kappa shape index (κ2) is 11.0. The molecule has 8 nitrogen and oxygen atoms in total. The van der Waals surface area contributed by atoms with Crippen LogP contribution in [-0.4, -0.2) is 82.1 Å². The van der Waals surface area contributed by atoms with Gasteiger partial charge in [-0.15, -0.1) is 0 Å². The molecule has 0 aromatic carbocycles. The maximum atomic E-state index is 12.2. The third kappa shape index (κ3) is 9.03. The Hall–Kier alpha value is -1.19. The van der Waals surface area contributed by atoms with Gasteiger partial charge < -0.3 is 10.2 Å². The molecule has 0 bridgehead atoms. The molecule has 0 aromatic heterocycles. The molecule has 0 aromatic rings. The molecule has 2 saturated heterocycles. The van der Waals surface area contributed by atoms with Gasteiger partial charge in [-0.1, -0.05) is 12.8 Å². The summed E-state index contributed by atoms with van der Waals surface area (Å²) < 4.78 is 24.4. The summed E-state index contributed by atoms with van der Waals surface area (Å²) in [6, 6.07) is 0. The van der Waals surface area contributed by atoms with Crippen molar-refractivity contribution in [3.8, 4) is 0 Å². The number of likely N-dealkylation sites (tertiary alicyclic amines) is 2. The van der Waals surface area contributed by atoms with Gasteiger partial charge in [0.1, 0.15) is 0 Å². The third-order valence-electron chi connectivity index (χ3n) is 5.32. The lowest BCUT2D eigenvalue weighted by atomic mass is 9.96. The summed E-state index contributed by atoms with van der Waals surface area (Å²) in [6.07, 6.45) is 7.90. The Labute approximate surface area is 163 Å². The van der Waals surface area contributed by atoms with Crippen LogP contribution < -0.4 is 10.0 Å². The van der Waals surface area contributed by atoms with Crippen LogP contribution in [0.3, 0.4) is 0 Å². The quantitative estimate of drug-likeness (QED) is 0.602. The van der Waals surface area contributed by atoms with Gasteiger partial charge in [-0.3, -0.25) is 14.5 Å². The summed E-state index contributed by atoms with van der Waals surface area (Å²) in [4.78, 5) is 28.3. The summed E-state index contributed by atoms with van der Waals surface area (Å²) >= 11 is 0. The largest absolute Gasteiger partial charge is 0.355 e. The molecule has 2 aliphatic heterocycles. The van der Waals surface area contributed by atoms with Gasteiger partial charge in [0.25, 0.3) is 0 Å². The molecule has 2 N–H and O–H groups in total. The molecule has 0 aliphatic carbocycles. The highest BCUT2D eigenvalue weighted by molar-refractivity contribution is 7.88. The molecular formula is C18H34N4O4S. The average Bonchev–Trinajstić information content (AvgIpc) is 2.88. The fraction of sp³-hybridized carbons (Fsp3) is 0.889. The van der Waals surface area contributed by atoms with Crippen LogP contribution in [0.2, 0.25) is 0 Å². The molecular weight excluding hydrogens is 368 g/mol. The Morgan fingerprint density at radius 1 is 1.00 bits per heavy atom. The van der Waals surface area contributed by atoms with Gasteiger partial charge in [0.15, 0.2) is 0 Å². The van der Waals surface area contributed by atoms with Crippen molar-refractivity contribution in [2.45, 2.75) is 44.9 Å². The smallest absolute Gasteiger partial charge is 0.234 e. The Morgan fingerprint density at radius 2 is 1.63 bits per heavy atom. The average molecular weight is 403 g/mol. The highest BCUT2D eigenvalue weighted by atomic mass is 32.2. The van der Waals surface area contributed by atoms with Crippen molar-refractivity contribution in [3.63, 3.8) is 0 Å². The summed E-state index contributed by atoms with van der Waals surface area (Å²) in [5, 5.41) is 3.05. The van der Waals surface area contributed by atoms with E-state index in [0.29, 0.717) is 32.1 Å². The van der Waals surface area contributed by atoms with Gasteiger partial charge in [-0.2, -0.15) is 0 Å². The van der Waals surface area contributed by atoms with Gasteiger partial charge >= 0.3 is 0 Å².